The first-order valence-electron chi connectivity index (χ1n) is 5.15. The quantitative estimate of drug-likeness (QED) is 0.868. The lowest BCUT2D eigenvalue weighted by Crippen LogP contribution is -2.19. The molecule has 0 aliphatic rings. The first-order chi connectivity index (χ1) is 8.81. The molecule has 2 atom stereocenters. The van der Waals surface area contributed by atoms with Crippen LogP contribution < -0.4 is 4.74 Å². The van der Waals surface area contributed by atoms with Gasteiger partial charge >= 0.3 is 6.18 Å². The van der Waals surface area contributed by atoms with Gasteiger partial charge in [-0.1, -0.05) is 0 Å². The minimum atomic E-state index is -4.70. The highest BCUT2D eigenvalue weighted by Gasteiger charge is 2.36. The monoisotopic (exact) mass is 276 g/mol. The molecule has 0 radical (unpaired) electrons. The number of nitriles is 1. The summed E-state index contributed by atoms with van der Waals surface area (Å²) in [5.74, 6) is -0.627. The number of aliphatic hydroxyl groups is 2. The van der Waals surface area contributed by atoms with E-state index in [2.05, 4.69) is 9.72 Å². The van der Waals surface area contributed by atoms with E-state index in [1.165, 1.54) is 0 Å². The number of aliphatic hydroxyl groups excluding tert-OH is 2. The molecule has 8 heteroatoms. The number of pyridine rings is 1. The number of halogens is 3. The van der Waals surface area contributed by atoms with Crippen molar-refractivity contribution in [3.8, 4) is 11.9 Å². The maximum Gasteiger partial charge on any atom is 0.421 e. The summed E-state index contributed by atoms with van der Waals surface area (Å²) in [5.41, 5.74) is -1.40. The molecule has 0 fully saturated rings. The number of rotatable bonds is 4. The second kappa shape index (κ2) is 5.86. The van der Waals surface area contributed by atoms with Crippen LogP contribution in [-0.2, 0) is 6.18 Å². The maximum atomic E-state index is 12.7. The van der Waals surface area contributed by atoms with Crippen LogP contribution in [0.2, 0.25) is 0 Å². The summed E-state index contributed by atoms with van der Waals surface area (Å²) in [7, 11) is 1.04. The van der Waals surface area contributed by atoms with E-state index < -0.39 is 36.2 Å². The predicted octanol–water partition coefficient (Wildman–Crippen LogP) is 1.42. The largest absolute Gasteiger partial charge is 0.481 e. The molecule has 0 aliphatic carbocycles. The molecule has 5 nitrogen and oxygen atoms in total. The second-order valence-corrected chi connectivity index (χ2v) is 3.70. The Hall–Kier alpha value is -1.85. The summed E-state index contributed by atoms with van der Waals surface area (Å²) in [6.07, 6.45) is -7.26. The highest BCUT2D eigenvalue weighted by molar-refractivity contribution is 5.33. The van der Waals surface area contributed by atoms with Crippen LogP contribution in [0.3, 0.4) is 0 Å². The van der Waals surface area contributed by atoms with Gasteiger partial charge in [0.25, 0.3) is 0 Å². The van der Waals surface area contributed by atoms with Crippen molar-refractivity contribution in [2.75, 3.05) is 7.11 Å². The van der Waals surface area contributed by atoms with E-state index in [0.29, 0.717) is 6.07 Å². The molecule has 19 heavy (non-hydrogen) atoms. The molecule has 0 amide bonds. The van der Waals surface area contributed by atoms with Gasteiger partial charge in [0.15, 0.2) is 0 Å². The van der Waals surface area contributed by atoms with Crippen LogP contribution in [0.25, 0.3) is 0 Å². The first kappa shape index (κ1) is 15.2. The van der Waals surface area contributed by atoms with Crippen molar-refractivity contribution >= 4 is 0 Å². The van der Waals surface area contributed by atoms with Gasteiger partial charge in [0.1, 0.15) is 11.7 Å². The summed E-state index contributed by atoms with van der Waals surface area (Å²) in [6.45, 7) is 0. The van der Waals surface area contributed by atoms with Crippen LogP contribution in [0.4, 0.5) is 13.2 Å². The van der Waals surface area contributed by atoms with Gasteiger partial charge in [0.05, 0.1) is 25.7 Å². The van der Waals surface area contributed by atoms with Crippen molar-refractivity contribution in [2.24, 2.45) is 0 Å². The zero-order chi connectivity index (χ0) is 14.6. The zero-order valence-electron chi connectivity index (χ0n) is 9.85. The molecule has 1 heterocycles. The Bertz CT molecular complexity index is 485. The number of nitrogens with zero attached hydrogens (tertiary/aromatic N) is 2. The minimum absolute atomic E-state index is 0.240. The standard InChI is InChI=1S/C11H11F3N2O3/c1-19-10-7(11(12,13)14)4-6(5-16-10)9(18)8(17)2-3-15/h4-5,8-9,17-18H,2H2,1H3. The Morgan fingerprint density at radius 2 is 2.11 bits per heavy atom. The molecular weight excluding hydrogens is 265 g/mol. The molecule has 1 rings (SSSR count). The molecule has 2 unspecified atom stereocenters. The molecule has 0 spiro atoms. The molecule has 0 bridgehead atoms. The van der Waals surface area contributed by atoms with Crippen LogP contribution in [0.5, 0.6) is 5.88 Å². The summed E-state index contributed by atoms with van der Waals surface area (Å²) < 4.78 is 42.6. The fourth-order valence-electron chi connectivity index (χ4n) is 1.42. The van der Waals surface area contributed by atoms with Crippen LogP contribution in [0, 0.1) is 11.3 Å². The lowest BCUT2D eigenvalue weighted by molar-refractivity contribution is -0.139. The molecule has 0 saturated heterocycles. The Morgan fingerprint density at radius 1 is 1.47 bits per heavy atom. The van der Waals surface area contributed by atoms with Crippen LogP contribution in [-0.4, -0.2) is 28.4 Å². The second-order valence-electron chi connectivity index (χ2n) is 3.70. The maximum absolute atomic E-state index is 12.7. The van der Waals surface area contributed by atoms with Gasteiger partial charge < -0.3 is 14.9 Å². The number of alkyl halides is 3. The first-order valence-corrected chi connectivity index (χ1v) is 5.15. The van der Waals surface area contributed by atoms with Gasteiger partial charge in [-0.15, -0.1) is 0 Å². The predicted molar refractivity (Wildman–Crippen MR) is 57.0 cm³/mol. The van der Waals surface area contributed by atoms with Gasteiger partial charge in [-0.25, -0.2) is 4.98 Å². The lowest BCUT2D eigenvalue weighted by Gasteiger charge is -2.18. The lowest BCUT2D eigenvalue weighted by atomic mass is 10.0. The average Bonchev–Trinajstić information content (AvgIpc) is 2.36. The van der Waals surface area contributed by atoms with Crippen LogP contribution in [0.15, 0.2) is 12.3 Å². The van der Waals surface area contributed by atoms with E-state index in [1.54, 1.807) is 6.07 Å². The van der Waals surface area contributed by atoms with Crippen molar-refractivity contribution in [2.45, 2.75) is 24.8 Å². The van der Waals surface area contributed by atoms with Gasteiger partial charge in [-0.2, -0.15) is 18.4 Å². The fourth-order valence-corrected chi connectivity index (χ4v) is 1.42. The molecule has 0 aromatic carbocycles. The van der Waals surface area contributed by atoms with E-state index in [-0.39, 0.29) is 5.56 Å². The summed E-state index contributed by atoms with van der Waals surface area (Å²) >= 11 is 0. The van der Waals surface area contributed by atoms with Crippen molar-refractivity contribution in [3.63, 3.8) is 0 Å². The van der Waals surface area contributed by atoms with Gasteiger partial charge in [0, 0.05) is 11.8 Å². The van der Waals surface area contributed by atoms with Gasteiger partial charge in [-0.05, 0) is 6.07 Å². The number of hydrogen-bond acceptors (Lipinski definition) is 5. The molecule has 1 aromatic rings. The van der Waals surface area contributed by atoms with Crippen molar-refractivity contribution in [3.05, 3.63) is 23.4 Å². The van der Waals surface area contributed by atoms with E-state index in [1.807, 2.05) is 0 Å². The average molecular weight is 276 g/mol. The molecular formula is C11H11F3N2O3. The molecule has 0 saturated carbocycles. The normalized spacial score (nSPS) is 14.6. The minimum Gasteiger partial charge on any atom is -0.481 e. The molecule has 1 aromatic heterocycles. The van der Waals surface area contributed by atoms with Gasteiger partial charge in [-0.3, -0.25) is 0 Å². The third kappa shape index (κ3) is 3.56. The third-order valence-corrected chi connectivity index (χ3v) is 2.38. The molecule has 104 valence electrons. The number of methoxy groups -OCH3 is 1. The summed E-state index contributed by atoms with van der Waals surface area (Å²) in [4.78, 5) is 3.43. The van der Waals surface area contributed by atoms with Crippen molar-refractivity contribution in [1.82, 2.24) is 4.98 Å². The topological polar surface area (TPSA) is 86.4 Å². The number of hydrogen-bond donors (Lipinski definition) is 2. The Labute approximate surface area is 106 Å². The Balaban J connectivity index is 3.15. The number of aromatic nitrogens is 1. The van der Waals surface area contributed by atoms with E-state index in [0.717, 1.165) is 13.3 Å². The molecule has 2 N–H and O–H groups in total. The van der Waals surface area contributed by atoms with E-state index >= 15 is 0 Å². The van der Waals surface area contributed by atoms with Gasteiger partial charge in [0.2, 0.25) is 5.88 Å². The van der Waals surface area contributed by atoms with Crippen LogP contribution in [0.1, 0.15) is 23.7 Å². The van der Waals surface area contributed by atoms with E-state index in [9.17, 15) is 23.4 Å². The fraction of sp³-hybridized carbons (Fsp3) is 0.455. The SMILES string of the molecule is COc1ncc(C(O)C(O)CC#N)cc1C(F)(F)F. The van der Waals surface area contributed by atoms with Crippen molar-refractivity contribution < 1.29 is 28.1 Å². The number of ether oxygens (including phenoxy) is 1. The Morgan fingerprint density at radius 3 is 2.58 bits per heavy atom. The highest BCUT2D eigenvalue weighted by Crippen LogP contribution is 2.36. The molecule has 0 aliphatic heterocycles. The van der Waals surface area contributed by atoms with E-state index in [4.69, 9.17) is 5.26 Å². The Kier molecular flexibility index (Phi) is 4.69. The highest BCUT2D eigenvalue weighted by atomic mass is 19.4. The van der Waals surface area contributed by atoms with Crippen LogP contribution >= 0.6 is 0 Å². The smallest absolute Gasteiger partial charge is 0.421 e. The summed E-state index contributed by atoms with van der Waals surface area (Å²) in [6, 6.07) is 2.24. The zero-order valence-corrected chi connectivity index (χ0v) is 9.85. The summed E-state index contributed by atoms with van der Waals surface area (Å²) in [5, 5.41) is 27.4. The third-order valence-electron chi connectivity index (χ3n) is 2.38. The van der Waals surface area contributed by atoms with Crippen molar-refractivity contribution in [1.29, 1.82) is 5.26 Å².